The van der Waals surface area contributed by atoms with E-state index in [0.717, 1.165) is 50.5 Å². The molecule has 3 nitrogen and oxygen atoms in total. The van der Waals surface area contributed by atoms with Crippen molar-refractivity contribution in [3.8, 4) is 10.4 Å². The molecule has 0 atom stereocenters. The number of halogens is 1. The molecule has 0 bridgehead atoms. The van der Waals surface area contributed by atoms with Gasteiger partial charge in [-0.3, -0.25) is 4.79 Å². The fourth-order valence-corrected chi connectivity index (χ4v) is 5.15. The molecule has 0 N–H and O–H groups in total. The van der Waals surface area contributed by atoms with Gasteiger partial charge in [0.1, 0.15) is 0 Å². The van der Waals surface area contributed by atoms with Gasteiger partial charge in [0, 0.05) is 41.0 Å². The monoisotopic (exact) mass is 374 g/mol. The first-order chi connectivity index (χ1) is 12.1. The van der Waals surface area contributed by atoms with Gasteiger partial charge in [0.05, 0.1) is 5.41 Å². The van der Waals surface area contributed by atoms with Gasteiger partial charge in [-0.25, -0.2) is 0 Å². The molecule has 0 radical (unpaired) electrons. The number of amides is 1. The van der Waals surface area contributed by atoms with E-state index in [0.29, 0.717) is 5.91 Å². The number of carbonyl (C=O) groups excluding carboxylic acids is 1. The summed E-state index contributed by atoms with van der Waals surface area (Å²) in [7, 11) is 2.12. The van der Waals surface area contributed by atoms with Gasteiger partial charge >= 0.3 is 0 Å². The van der Waals surface area contributed by atoms with E-state index < -0.39 is 0 Å². The molecule has 1 aromatic heterocycles. The van der Waals surface area contributed by atoms with Gasteiger partial charge in [0.15, 0.2) is 0 Å². The maximum atomic E-state index is 13.3. The molecule has 2 heterocycles. The Morgan fingerprint density at radius 2 is 1.72 bits per heavy atom. The Bertz CT molecular complexity index is 758. The molecule has 1 saturated carbocycles. The van der Waals surface area contributed by atoms with Crippen molar-refractivity contribution in [2.75, 3.05) is 33.2 Å². The molecule has 1 aliphatic heterocycles. The van der Waals surface area contributed by atoms with Crippen LogP contribution in [0.4, 0.5) is 0 Å². The Morgan fingerprint density at radius 1 is 1.04 bits per heavy atom. The second-order valence-corrected chi connectivity index (χ2v) is 8.72. The van der Waals surface area contributed by atoms with Crippen LogP contribution in [-0.4, -0.2) is 48.9 Å². The van der Waals surface area contributed by atoms with Crippen LogP contribution in [0.25, 0.3) is 10.4 Å². The van der Waals surface area contributed by atoms with Crippen molar-refractivity contribution in [3.63, 3.8) is 0 Å². The van der Waals surface area contributed by atoms with E-state index in [-0.39, 0.29) is 5.41 Å². The van der Waals surface area contributed by atoms with Gasteiger partial charge in [-0.05, 0) is 49.7 Å². The number of rotatable bonds is 3. The van der Waals surface area contributed by atoms with Gasteiger partial charge in [0.2, 0.25) is 5.91 Å². The Balaban J connectivity index is 1.58. The third kappa shape index (κ3) is 3.12. The minimum Gasteiger partial charge on any atom is -0.339 e. The number of benzene rings is 1. The van der Waals surface area contributed by atoms with Crippen LogP contribution in [0.3, 0.4) is 0 Å². The number of carbonyl (C=O) groups is 1. The fraction of sp³-hybridized carbons (Fsp3) is 0.450. The van der Waals surface area contributed by atoms with Crippen LogP contribution in [0.1, 0.15) is 24.1 Å². The van der Waals surface area contributed by atoms with Crippen molar-refractivity contribution < 1.29 is 4.79 Å². The molecule has 132 valence electrons. The Hall–Kier alpha value is -1.36. The highest BCUT2D eigenvalue weighted by Gasteiger charge is 2.48. The summed E-state index contributed by atoms with van der Waals surface area (Å²) in [4.78, 5) is 20.1. The van der Waals surface area contributed by atoms with Crippen molar-refractivity contribution in [1.29, 1.82) is 0 Å². The van der Waals surface area contributed by atoms with Crippen molar-refractivity contribution in [1.82, 2.24) is 9.80 Å². The molecule has 0 spiro atoms. The van der Waals surface area contributed by atoms with Gasteiger partial charge in [-0.15, -0.1) is 11.3 Å². The second kappa shape index (κ2) is 6.75. The zero-order valence-electron chi connectivity index (χ0n) is 14.5. The van der Waals surface area contributed by atoms with Crippen LogP contribution < -0.4 is 0 Å². The lowest BCUT2D eigenvalue weighted by Gasteiger charge is -2.45. The number of hydrogen-bond acceptors (Lipinski definition) is 3. The largest absolute Gasteiger partial charge is 0.339 e. The molecule has 1 saturated heterocycles. The van der Waals surface area contributed by atoms with Crippen molar-refractivity contribution >= 4 is 28.8 Å². The molecule has 25 heavy (non-hydrogen) atoms. The number of thiophene rings is 1. The Labute approximate surface area is 158 Å². The topological polar surface area (TPSA) is 23.6 Å². The third-order valence-corrected chi connectivity index (χ3v) is 7.20. The van der Waals surface area contributed by atoms with E-state index in [4.69, 9.17) is 11.6 Å². The first-order valence-electron chi connectivity index (χ1n) is 8.93. The average Bonchev–Trinajstić information content (AvgIpc) is 3.05. The summed E-state index contributed by atoms with van der Waals surface area (Å²) in [5.41, 5.74) is 0.896. The van der Waals surface area contributed by atoms with Crippen LogP contribution in [0, 0.1) is 0 Å². The first-order valence-corrected chi connectivity index (χ1v) is 10.1. The fourth-order valence-electron chi connectivity index (χ4n) is 3.77. The van der Waals surface area contributed by atoms with E-state index in [9.17, 15) is 4.79 Å². The number of hydrogen-bond donors (Lipinski definition) is 0. The molecule has 0 unspecified atom stereocenters. The van der Waals surface area contributed by atoms with E-state index in [1.165, 1.54) is 15.3 Å². The minimum absolute atomic E-state index is 0.273. The van der Waals surface area contributed by atoms with Crippen LogP contribution in [-0.2, 0) is 10.2 Å². The average molecular weight is 375 g/mol. The predicted octanol–water partition coefficient (Wildman–Crippen LogP) is 4.26. The van der Waals surface area contributed by atoms with E-state index in [2.05, 4.69) is 29.0 Å². The molecule has 2 fully saturated rings. The summed E-state index contributed by atoms with van der Waals surface area (Å²) in [6.07, 6.45) is 3.12. The molecular formula is C20H23ClN2OS. The summed E-state index contributed by atoms with van der Waals surface area (Å²) in [6.45, 7) is 3.66. The number of piperazine rings is 1. The van der Waals surface area contributed by atoms with Crippen molar-refractivity contribution in [3.05, 3.63) is 46.3 Å². The molecule has 1 aromatic carbocycles. The minimum atomic E-state index is -0.273. The summed E-state index contributed by atoms with van der Waals surface area (Å²) >= 11 is 7.76. The lowest BCUT2D eigenvalue weighted by Crippen LogP contribution is -2.55. The van der Waals surface area contributed by atoms with Gasteiger partial charge < -0.3 is 9.80 Å². The Morgan fingerprint density at radius 3 is 2.32 bits per heavy atom. The third-order valence-electron chi connectivity index (χ3n) is 5.61. The summed E-state index contributed by atoms with van der Waals surface area (Å²) in [5, 5.41) is 0.751. The van der Waals surface area contributed by atoms with E-state index in [1.54, 1.807) is 11.3 Å². The zero-order valence-corrected chi connectivity index (χ0v) is 16.1. The molecule has 1 aliphatic carbocycles. The standard InChI is InChI=1S/C20H23ClN2OS/c1-22-11-13-23(14-12-22)19(24)20(9-2-10-20)18-8-7-17(25-18)15-3-5-16(21)6-4-15/h3-8H,2,9-14H2,1H3. The SMILES string of the molecule is CN1CCN(C(=O)C2(c3ccc(-c4ccc(Cl)cc4)s3)CCC2)CC1. The van der Waals surface area contributed by atoms with Crippen molar-refractivity contribution in [2.45, 2.75) is 24.7 Å². The van der Waals surface area contributed by atoms with Crippen LogP contribution in [0.2, 0.25) is 5.02 Å². The molecule has 1 amide bonds. The second-order valence-electron chi connectivity index (χ2n) is 7.20. The highest BCUT2D eigenvalue weighted by molar-refractivity contribution is 7.15. The lowest BCUT2D eigenvalue weighted by molar-refractivity contribution is -0.142. The summed E-state index contributed by atoms with van der Waals surface area (Å²) in [6, 6.07) is 12.3. The predicted molar refractivity (Wildman–Crippen MR) is 104 cm³/mol. The summed E-state index contributed by atoms with van der Waals surface area (Å²) < 4.78 is 0. The van der Waals surface area contributed by atoms with E-state index in [1.807, 2.05) is 24.3 Å². The molecule has 4 rings (SSSR count). The highest BCUT2D eigenvalue weighted by atomic mass is 35.5. The maximum absolute atomic E-state index is 13.3. The van der Waals surface area contributed by atoms with Crippen LogP contribution in [0.5, 0.6) is 0 Å². The zero-order chi connectivity index (χ0) is 17.4. The summed E-state index contributed by atoms with van der Waals surface area (Å²) in [5.74, 6) is 0.344. The highest BCUT2D eigenvalue weighted by Crippen LogP contribution is 2.49. The van der Waals surface area contributed by atoms with Crippen molar-refractivity contribution in [2.24, 2.45) is 0 Å². The molecule has 2 aliphatic rings. The normalized spacial score (nSPS) is 20.3. The lowest BCUT2D eigenvalue weighted by atomic mass is 9.66. The maximum Gasteiger partial charge on any atom is 0.234 e. The number of nitrogens with zero attached hydrogens (tertiary/aromatic N) is 2. The molecule has 5 heteroatoms. The Kier molecular flexibility index (Phi) is 4.61. The molecule has 2 aromatic rings. The quantitative estimate of drug-likeness (QED) is 0.801. The van der Waals surface area contributed by atoms with E-state index >= 15 is 0 Å². The van der Waals surface area contributed by atoms with Crippen LogP contribution in [0.15, 0.2) is 36.4 Å². The first kappa shape index (κ1) is 17.1. The van der Waals surface area contributed by atoms with Gasteiger partial charge in [-0.1, -0.05) is 30.2 Å². The van der Waals surface area contributed by atoms with Gasteiger partial charge in [-0.2, -0.15) is 0 Å². The number of likely N-dealkylation sites (N-methyl/N-ethyl adjacent to an activating group) is 1. The van der Waals surface area contributed by atoms with Crippen LogP contribution >= 0.6 is 22.9 Å². The van der Waals surface area contributed by atoms with Gasteiger partial charge in [0.25, 0.3) is 0 Å². The smallest absolute Gasteiger partial charge is 0.234 e. The molecular weight excluding hydrogens is 352 g/mol.